The van der Waals surface area contributed by atoms with Crippen LogP contribution in [0.4, 0.5) is 0 Å². The largest absolute Gasteiger partial charge is 0.371 e. The van der Waals surface area contributed by atoms with Crippen LogP contribution in [0.15, 0.2) is 0 Å². The Hall–Kier alpha value is -0.0800. The highest BCUT2D eigenvalue weighted by atomic mass is 16.5. The van der Waals surface area contributed by atoms with Gasteiger partial charge in [-0.2, -0.15) is 0 Å². The highest BCUT2D eigenvalue weighted by Gasteiger charge is 2.40. The molecule has 0 aliphatic carbocycles. The Kier molecular flexibility index (Phi) is 3.27. The molecule has 0 unspecified atom stereocenters. The average molecular weight is 199 g/mol. The third-order valence-corrected chi connectivity index (χ3v) is 3.45. The maximum absolute atomic E-state index is 6.05. The summed E-state index contributed by atoms with van der Waals surface area (Å²) in [6.07, 6.45) is 2.85. The number of likely N-dealkylation sites (N-methyl/N-ethyl adjacent to an activating group) is 1. The van der Waals surface area contributed by atoms with Crippen molar-refractivity contribution in [1.29, 1.82) is 0 Å². The molecule has 0 N–H and O–H groups in total. The van der Waals surface area contributed by atoms with E-state index in [1.165, 1.54) is 19.4 Å². The van der Waals surface area contributed by atoms with Gasteiger partial charge < -0.3 is 4.74 Å². The number of likely N-dealkylation sites (tertiary alicyclic amines) is 1. The first-order chi connectivity index (χ1) is 6.26. The molecule has 1 aliphatic rings. The first kappa shape index (κ1) is 12.0. The second-order valence-electron chi connectivity index (χ2n) is 5.75. The van der Waals surface area contributed by atoms with Crippen molar-refractivity contribution in [2.45, 2.75) is 64.7 Å². The second-order valence-corrected chi connectivity index (χ2v) is 5.75. The predicted molar refractivity (Wildman–Crippen MR) is 60.6 cm³/mol. The lowest BCUT2D eigenvalue weighted by molar-refractivity contribution is -0.106. The van der Waals surface area contributed by atoms with Gasteiger partial charge in [0.05, 0.1) is 11.7 Å². The van der Waals surface area contributed by atoms with E-state index in [1.807, 2.05) is 0 Å². The monoisotopic (exact) mass is 199 g/mol. The Morgan fingerprint density at radius 2 is 1.93 bits per heavy atom. The number of nitrogens with zero attached hydrogens (tertiary/aromatic N) is 1. The fourth-order valence-corrected chi connectivity index (χ4v) is 2.29. The highest BCUT2D eigenvalue weighted by Crippen LogP contribution is 2.33. The van der Waals surface area contributed by atoms with E-state index in [-0.39, 0.29) is 11.1 Å². The zero-order chi connectivity index (χ0) is 11.0. The number of hydrogen-bond acceptors (Lipinski definition) is 2. The van der Waals surface area contributed by atoms with E-state index >= 15 is 0 Å². The van der Waals surface area contributed by atoms with E-state index in [2.05, 4.69) is 46.6 Å². The molecule has 0 bridgehead atoms. The molecule has 0 radical (unpaired) electrons. The molecule has 84 valence electrons. The van der Waals surface area contributed by atoms with Gasteiger partial charge in [-0.3, -0.25) is 4.90 Å². The molecule has 0 aromatic carbocycles. The van der Waals surface area contributed by atoms with Crippen LogP contribution in [0.25, 0.3) is 0 Å². The molecule has 2 atom stereocenters. The lowest BCUT2D eigenvalue weighted by Crippen LogP contribution is -2.50. The smallest absolute Gasteiger partial charge is 0.0734 e. The van der Waals surface area contributed by atoms with Gasteiger partial charge >= 0.3 is 0 Å². The fraction of sp³-hybridized carbons (Fsp3) is 1.00. The van der Waals surface area contributed by atoms with Gasteiger partial charge in [0, 0.05) is 5.54 Å². The summed E-state index contributed by atoms with van der Waals surface area (Å²) in [7, 11) is 2.20. The molecule has 1 fully saturated rings. The van der Waals surface area contributed by atoms with Gasteiger partial charge in [0.15, 0.2) is 0 Å². The van der Waals surface area contributed by atoms with E-state index in [1.54, 1.807) is 0 Å². The third kappa shape index (κ3) is 2.48. The van der Waals surface area contributed by atoms with Crippen LogP contribution in [0, 0.1) is 0 Å². The summed E-state index contributed by atoms with van der Waals surface area (Å²) in [6, 6.07) is 0. The standard InChI is InChI=1S/C12H25NO/c1-10(14-11(2,3)4)12(5)8-7-9-13(12)6/h10H,7-9H2,1-6H3/t10-,12-/m0/s1. The van der Waals surface area contributed by atoms with Crippen LogP contribution in [0.5, 0.6) is 0 Å². The summed E-state index contributed by atoms with van der Waals surface area (Å²) < 4.78 is 6.05. The SMILES string of the molecule is C[C@H](OC(C)(C)C)[C@]1(C)CCCN1C. The van der Waals surface area contributed by atoms with Crippen LogP contribution >= 0.6 is 0 Å². The molecule has 0 aromatic rings. The molecule has 0 amide bonds. The van der Waals surface area contributed by atoms with Crippen LogP contribution in [0.1, 0.15) is 47.5 Å². The van der Waals surface area contributed by atoms with Gasteiger partial charge in [-0.05, 0) is 61.1 Å². The van der Waals surface area contributed by atoms with Crippen molar-refractivity contribution >= 4 is 0 Å². The molecular weight excluding hydrogens is 174 g/mol. The van der Waals surface area contributed by atoms with Gasteiger partial charge in [-0.1, -0.05) is 0 Å². The third-order valence-electron chi connectivity index (χ3n) is 3.45. The predicted octanol–water partition coefficient (Wildman–Crippen LogP) is 2.67. The maximum atomic E-state index is 6.05. The van der Waals surface area contributed by atoms with E-state index in [0.29, 0.717) is 6.10 Å². The van der Waals surface area contributed by atoms with Crippen LogP contribution in [0.2, 0.25) is 0 Å². The van der Waals surface area contributed by atoms with Crippen molar-refractivity contribution in [3.63, 3.8) is 0 Å². The summed E-state index contributed by atoms with van der Waals surface area (Å²) in [5, 5.41) is 0. The van der Waals surface area contributed by atoms with Crippen LogP contribution in [0.3, 0.4) is 0 Å². The van der Waals surface area contributed by atoms with Crippen LogP contribution in [-0.4, -0.2) is 35.7 Å². The molecule has 0 aromatic heterocycles. The minimum atomic E-state index is -0.0359. The number of ether oxygens (including phenoxy) is 1. The molecule has 1 heterocycles. The van der Waals surface area contributed by atoms with Crippen LogP contribution in [-0.2, 0) is 4.74 Å². The van der Waals surface area contributed by atoms with E-state index in [9.17, 15) is 0 Å². The minimum absolute atomic E-state index is 0.0359. The van der Waals surface area contributed by atoms with Crippen molar-refractivity contribution < 1.29 is 4.74 Å². The topological polar surface area (TPSA) is 12.5 Å². The van der Waals surface area contributed by atoms with Crippen molar-refractivity contribution in [3.8, 4) is 0 Å². The van der Waals surface area contributed by atoms with Gasteiger partial charge in [-0.15, -0.1) is 0 Å². The fourth-order valence-electron chi connectivity index (χ4n) is 2.29. The number of hydrogen-bond donors (Lipinski definition) is 0. The summed E-state index contributed by atoms with van der Waals surface area (Å²) in [5.41, 5.74) is 0.194. The maximum Gasteiger partial charge on any atom is 0.0734 e. The molecule has 2 nitrogen and oxygen atoms in total. The van der Waals surface area contributed by atoms with E-state index < -0.39 is 0 Å². The summed E-state index contributed by atoms with van der Waals surface area (Å²) in [4.78, 5) is 2.43. The molecule has 1 saturated heterocycles. The van der Waals surface area contributed by atoms with E-state index in [4.69, 9.17) is 4.74 Å². The van der Waals surface area contributed by atoms with E-state index in [0.717, 1.165) is 0 Å². The normalized spacial score (nSPS) is 32.1. The molecule has 0 saturated carbocycles. The van der Waals surface area contributed by atoms with Crippen molar-refractivity contribution in [2.75, 3.05) is 13.6 Å². The molecule has 2 heteroatoms. The van der Waals surface area contributed by atoms with Crippen molar-refractivity contribution in [3.05, 3.63) is 0 Å². The molecule has 1 rings (SSSR count). The molecule has 0 spiro atoms. The Labute approximate surface area is 88.6 Å². The second kappa shape index (κ2) is 3.82. The van der Waals surface area contributed by atoms with Crippen molar-refractivity contribution in [2.24, 2.45) is 0 Å². The zero-order valence-electron chi connectivity index (χ0n) is 10.6. The first-order valence-electron chi connectivity index (χ1n) is 5.65. The van der Waals surface area contributed by atoms with Gasteiger partial charge in [0.1, 0.15) is 0 Å². The molecular formula is C12H25NO. The lowest BCUT2D eigenvalue weighted by Gasteiger charge is -2.41. The lowest BCUT2D eigenvalue weighted by atomic mass is 9.92. The van der Waals surface area contributed by atoms with Gasteiger partial charge in [-0.25, -0.2) is 0 Å². The quantitative estimate of drug-likeness (QED) is 0.678. The average Bonchev–Trinajstić information content (AvgIpc) is 2.30. The van der Waals surface area contributed by atoms with Gasteiger partial charge in [0.2, 0.25) is 0 Å². The van der Waals surface area contributed by atoms with Crippen LogP contribution < -0.4 is 0 Å². The molecule has 1 aliphatic heterocycles. The zero-order valence-corrected chi connectivity index (χ0v) is 10.6. The highest BCUT2D eigenvalue weighted by molar-refractivity contribution is 4.95. The Bertz CT molecular complexity index is 197. The summed E-state index contributed by atoms with van der Waals surface area (Å²) in [5.74, 6) is 0. The number of rotatable bonds is 2. The minimum Gasteiger partial charge on any atom is -0.371 e. The van der Waals surface area contributed by atoms with Crippen molar-refractivity contribution in [1.82, 2.24) is 4.90 Å². The Morgan fingerprint density at radius 1 is 1.36 bits per heavy atom. The first-order valence-corrected chi connectivity index (χ1v) is 5.65. The Balaban J connectivity index is 2.63. The van der Waals surface area contributed by atoms with Gasteiger partial charge in [0.25, 0.3) is 0 Å². The summed E-state index contributed by atoms with van der Waals surface area (Å²) >= 11 is 0. The Morgan fingerprint density at radius 3 is 2.29 bits per heavy atom. The summed E-state index contributed by atoms with van der Waals surface area (Å²) in [6.45, 7) is 12.1. The molecule has 14 heavy (non-hydrogen) atoms.